The fourth-order valence-corrected chi connectivity index (χ4v) is 8.58. The summed E-state index contributed by atoms with van der Waals surface area (Å²) in [6.07, 6.45) is 1.01. The van der Waals surface area contributed by atoms with Gasteiger partial charge < -0.3 is 14.0 Å². The second kappa shape index (κ2) is 12.2. The van der Waals surface area contributed by atoms with E-state index in [1.807, 2.05) is 97.1 Å². The summed E-state index contributed by atoms with van der Waals surface area (Å²) in [6, 6.07) is 30.7. The number of nitrogens with one attached hydrogen (secondary N) is 1. The van der Waals surface area contributed by atoms with Crippen LogP contribution in [0.15, 0.2) is 118 Å². The Morgan fingerprint density at radius 3 is 2.33 bits per heavy atom. The Labute approximate surface area is 247 Å². The van der Waals surface area contributed by atoms with E-state index in [0.717, 1.165) is 26.5 Å². The van der Waals surface area contributed by atoms with Crippen LogP contribution in [0.25, 0.3) is 10.9 Å². The maximum absolute atomic E-state index is 14.4. The van der Waals surface area contributed by atoms with Crippen molar-refractivity contribution in [3.05, 3.63) is 130 Å². The molecule has 0 aliphatic carbocycles. The first-order valence-electron chi connectivity index (χ1n) is 13.7. The molecule has 0 bridgehead atoms. The van der Waals surface area contributed by atoms with E-state index in [0.29, 0.717) is 12.0 Å². The van der Waals surface area contributed by atoms with Crippen LogP contribution in [-0.4, -0.2) is 38.8 Å². The van der Waals surface area contributed by atoms with Crippen LogP contribution in [-0.2, 0) is 14.0 Å². The standard InChI is InChI=1S/C32H30N3O5PS/c1-22-19-35(32(37)34-31(22)36)30-18-28(42-29-17-16-23-10-8-9-15-26(23)33-29)27(40-30)20-39-21-41(38,24-11-4-2-5-12-24)25-13-6-3-7-14-25/h2-17,19,27-28,30H,18,20-21H2,1H3,(H,34,36,37)/t27-,28+,30-/m1/s1. The number of nitrogens with zero attached hydrogens (tertiary/aromatic N) is 2. The van der Waals surface area contributed by atoms with Gasteiger partial charge in [0, 0.05) is 39.4 Å². The number of fused-ring (bicyclic) bond motifs is 1. The van der Waals surface area contributed by atoms with E-state index in [1.54, 1.807) is 18.7 Å². The van der Waals surface area contributed by atoms with Crippen LogP contribution >= 0.6 is 18.9 Å². The Morgan fingerprint density at radius 1 is 0.952 bits per heavy atom. The lowest BCUT2D eigenvalue weighted by Crippen LogP contribution is -2.33. The van der Waals surface area contributed by atoms with Crippen LogP contribution in [0.2, 0.25) is 0 Å². The van der Waals surface area contributed by atoms with Gasteiger partial charge in [0.2, 0.25) is 0 Å². The van der Waals surface area contributed by atoms with E-state index >= 15 is 0 Å². The highest BCUT2D eigenvalue weighted by atomic mass is 32.2. The molecule has 1 aliphatic rings. The number of benzene rings is 3. The fourth-order valence-electron chi connectivity index (χ4n) is 5.15. The lowest BCUT2D eigenvalue weighted by atomic mass is 10.2. The summed E-state index contributed by atoms with van der Waals surface area (Å²) in [5, 5.41) is 3.22. The maximum atomic E-state index is 14.4. The molecule has 3 aromatic carbocycles. The molecule has 8 nitrogen and oxygen atoms in total. The first-order valence-corrected chi connectivity index (χ1v) is 16.5. The predicted molar refractivity (Wildman–Crippen MR) is 167 cm³/mol. The van der Waals surface area contributed by atoms with Crippen LogP contribution < -0.4 is 21.9 Å². The number of hydrogen-bond acceptors (Lipinski definition) is 7. The van der Waals surface area contributed by atoms with Crippen LogP contribution in [0.1, 0.15) is 18.2 Å². The molecule has 5 aromatic rings. The molecular formula is C32H30N3O5PS. The molecule has 10 heteroatoms. The lowest BCUT2D eigenvalue weighted by Gasteiger charge is -2.22. The summed E-state index contributed by atoms with van der Waals surface area (Å²) in [6.45, 7) is 1.82. The van der Waals surface area contributed by atoms with Crippen molar-refractivity contribution >= 4 is 40.4 Å². The Morgan fingerprint density at radius 2 is 1.62 bits per heavy atom. The summed E-state index contributed by atoms with van der Waals surface area (Å²) in [5.74, 6) is 0. The number of aromatic nitrogens is 3. The molecule has 0 radical (unpaired) electrons. The van der Waals surface area contributed by atoms with Crippen molar-refractivity contribution in [2.24, 2.45) is 0 Å². The first-order chi connectivity index (χ1) is 20.4. The summed E-state index contributed by atoms with van der Waals surface area (Å²) >= 11 is 1.56. The number of H-pyrrole nitrogens is 1. The lowest BCUT2D eigenvalue weighted by molar-refractivity contribution is -0.0355. The maximum Gasteiger partial charge on any atom is 0.330 e. The van der Waals surface area contributed by atoms with Crippen molar-refractivity contribution in [2.75, 3.05) is 13.0 Å². The third kappa shape index (κ3) is 5.92. The molecule has 6 rings (SSSR count). The fraction of sp³-hybridized carbons (Fsp3) is 0.219. The number of pyridine rings is 1. The summed E-state index contributed by atoms with van der Waals surface area (Å²) in [5.41, 5.74) is 0.371. The molecule has 0 saturated carbocycles. The number of ether oxygens (including phenoxy) is 2. The van der Waals surface area contributed by atoms with Gasteiger partial charge in [0.15, 0.2) is 7.14 Å². The van der Waals surface area contributed by atoms with Gasteiger partial charge in [-0.25, -0.2) is 9.78 Å². The van der Waals surface area contributed by atoms with Crippen LogP contribution in [0.3, 0.4) is 0 Å². The first kappa shape index (κ1) is 28.4. The molecule has 214 valence electrons. The van der Waals surface area contributed by atoms with Crippen LogP contribution in [0.5, 0.6) is 0 Å². The molecule has 0 amide bonds. The van der Waals surface area contributed by atoms with E-state index in [9.17, 15) is 14.2 Å². The minimum atomic E-state index is -3.08. The second-order valence-electron chi connectivity index (χ2n) is 10.3. The smallest absolute Gasteiger partial charge is 0.330 e. The van der Waals surface area contributed by atoms with Gasteiger partial charge in [0.25, 0.3) is 5.56 Å². The molecule has 1 aliphatic heterocycles. The average molecular weight is 600 g/mol. The summed E-state index contributed by atoms with van der Waals surface area (Å²) in [4.78, 5) is 31.9. The van der Waals surface area contributed by atoms with Crippen LogP contribution in [0.4, 0.5) is 0 Å². The van der Waals surface area contributed by atoms with Gasteiger partial charge in [-0.3, -0.25) is 14.3 Å². The molecule has 0 spiro atoms. The Kier molecular flexibility index (Phi) is 8.27. The molecule has 2 aromatic heterocycles. The molecule has 1 fully saturated rings. The van der Waals surface area contributed by atoms with Gasteiger partial charge in [-0.05, 0) is 19.1 Å². The number of para-hydroxylation sites is 1. The van der Waals surface area contributed by atoms with Crippen molar-refractivity contribution in [1.82, 2.24) is 14.5 Å². The highest BCUT2D eigenvalue weighted by Crippen LogP contribution is 2.44. The number of rotatable bonds is 9. The zero-order valence-electron chi connectivity index (χ0n) is 23.0. The van der Waals surface area contributed by atoms with Crippen molar-refractivity contribution < 1.29 is 14.0 Å². The summed E-state index contributed by atoms with van der Waals surface area (Å²) in [7, 11) is -3.08. The molecule has 1 saturated heterocycles. The molecule has 1 N–H and O–H groups in total. The number of aryl methyl sites for hydroxylation is 1. The minimum absolute atomic E-state index is 0.00881. The van der Waals surface area contributed by atoms with Crippen molar-refractivity contribution in [1.29, 1.82) is 0 Å². The van der Waals surface area contributed by atoms with Gasteiger partial charge in [0.1, 0.15) is 12.6 Å². The van der Waals surface area contributed by atoms with Crippen molar-refractivity contribution in [3.63, 3.8) is 0 Å². The Balaban J connectivity index is 1.26. The SMILES string of the molecule is Cc1cn([C@H]2C[C@H](Sc3ccc4ccccc4n3)[C@@H](COCP(=O)(c3ccccc3)c3ccccc3)O2)c(=O)[nH]c1=O. The number of hydrogen-bond donors (Lipinski definition) is 1. The van der Waals surface area contributed by atoms with Crippen molar-refractivity contribution in [3.8, 4) is 0 Å². The van der Waals surface area contributed by atoms with Crippen LogP contribution in [0, 0.1) is 6.92 Å². The number of thioether (sulfide) groups is 1. The highest BCUT2D eigenvalue weighted by Gasteiger charge is 2.39. The molecule has 3 heterocycles. The van der Waals surface area contributed by atoms with Gasteiger partial charge in [0.05, 0.1) is 23.3 Å². The second-order valence-corrected chi connectivity index (χ2v) is 14.3. The molecule has 3 atom stereocenters. The molecule has 42 heavy (non-hydrogen) atoms. The molecular weight excluding hydrogens is 569 g/mol. The topological polar surface area (TPSA) is 103 Å². The Hall–Kier alpha value is -3.75. The summed E-state index contributed by atoms with van der Waals surface area (Å²) < 4.78 is 28.5. The van der Waals surface area contributed by atoms with E-state index < -0.39 is 30.7 Å². The van der Waals surface area contributed by atoms with E-state index in [1.165, 1.54) is 10.8 Å². The largest absolute Gasteiger partial charge is 0.370 e. The van der Waals surface area contributed by atoms with E-state index in [-0.39, 0.29) is 18.2 Å². The Bertz CT molecular complexity index is 1820. The quantitative estimate of drug-likeness (QED) is 0.242. The van der Waals surface area contributed by atoms with Crippen molar-refractivity contribution in [2.45, 2.75) is 36.0 Å². The normalized spacial score (nSPS) is 18.8. The van der Waals surface area contributed by atoms with Gasteiger partial charge in [-0.15, -0.1) is 11.8 Å². The number of aromatic amines is 1. The van der Waals surface area contributed by atoms with E-state index in [4.69, 9.17) is 14.5 Å². The van der Waals surface area contributed by atoms with Gasteiger partial charge >= 0.3 is 5.69 Å². The average Bonchev–Trinajstić information content (AvgIpc) is 3.41. The monoisotopic (exact) mass is 599 g/mol. The third-order valence-electron chi connectivity index (χ3n) is 7.38. The van der Waals surface area contributed by atoms with Gasteiger partial charge in [-0.1, -0.05) is 84.9 Å². The highest BCUT2D eigenvalue weighted by molar-refractivity contribution is 7.99. The molecule has 0 unspecified atom stereocenters. The third-order valence-corrected chi connectivity index (χ3v) is 11.5. The zero-order chi connectivity index (χ0) is 29.1. The predicted octanol–water partition coefficient (Wildman–Crippen LogP) is 4.83. The van der Waals surface area contributed by atoms with E-state index in [2.05, 4.69) is 4.98 Å². The minimum Gasteiger partial charge on any atom is -0.370 e. The van der Waals surface area contributed by atoms with Gasteiger partial charge in [-0.2, -0.15) is 0 Å². The zero-order valence-corrected chi connectivity index (χ0v) is 24.7.